The molecule has 4 rings (SSSR count). The van der Waals surface area contributed by atoms with Crippen molar-refractivity contribution in [2.75, 3.05) is 11.9 Å². The van der Waals surface area contributed by atoms with E-state index in [9.17, 15) is 4.79 Å². The normalized spacial score (nSPS) is 16.5. The van der Waals surface area contributed by atoms with Crippen molar-refractivity contribution in [2.45, 2.75) is 32.4 Å². The van der Waals surface area contributed by atoms with Gasteiger partial charge in [-0.05, 0) is 36.5 Å². The van der Waals surface area contributed by atoms with Crippen LogP contribution in [0, 0.1) is 6.92 Å². The Hall–Kier alpha value is -3.08. The molecule has 0 aliphatic carbocycles. The van der Waals surface area contributed by atoms with Crippen LogP contribution in [-0.2, 0) is 6.54 Å². The summed E-state index contributed by atoms with van der Waals surface area (Å²) in [5.41, 5.74) is 3.65. The summed E-state index contributed by atoms with van der Waals surface area (Å²) >= 11 is 0. The van der Waals surface area contributed by atoms with Gasteiger partial charge in [-0.2, -0.15) is 5.10 Å². The van der Waals surface area contributed by atoms with Crippen molar-refractivity contribution < 1.29 is 4.79 Å². The highest BCUT2D eigenvalue weighted by molar-refractivity contribution is 5.88. The highest BCUT2D eigenvalue weighted by Gasteiger charge is 2.31. The van der Waals surface area contributed by atoms with E-state index in [1.165, 1.54) is 16.7 Å². The van der Waals surface area contributed by atoms with E-state index < -0.39 is 0 Å². The van der Waals surface area contributed by atoms with Gasteiger partial charge < -0.3 is 4.90 Å². The predicted octanol–water partition coefficient (Wildman–Crippen LogP) is 4.61. The molecule has 1 atom stereocenters. The quantitative estimate of drug-likeness (QED) is 0.739. The van der Waals surface area contributed by atoms with Gasteiger partial charge in [-0.1, -0.05) is 54.6 Å². The number of nitrogens with zero attached hydrogens (tertiary/aromatic N) is 3. The third-order valence-corrected chi connectivity index (χ3v) is 5.12. The Morgan fingerprint density at radius 3 is 2.70 bits per heavy atom. The zero-order chi connectivity index (χ0) is 18.6. The molecule has 1 aliphatic rings. The Bertz CT molecular complexity index is 919. The fourth-order valence-electron chi connectivity index (χ4n) is 3.76. The Balaban J connectivity index is 1.44. The maximum absolute atomic E-state index is 12.8. The maximum Gasteiger partial charge on any atom is 0.323 e. The van der Waals surface area contributed by atoms with Crippen molar-refractivity contribution in [3.05, 3.63) is 83.6 Å². The molecule has 1 saturated heterocycles. The number of nitrogens with one attached hydrogen (secondary N) is 1. The molecule has 2 heterocycles. The lowest BCUT2D eigenvalue weighted by Crippen LogP contribution is -2.34. The van der Waals surface area contributed by atoms with Crippen LogP contribution < -0.4 is 5.32 Å². The van der Waals surface area contributed by atoms with Crippen LogP contribution >= 0.6 is 0 Å². The molecule has 1 fully saturated rings. The maximum atomic E-state index is 12.8. The summed E-state index contributed by atoms with van der Waals surface area (Å²) in [7, 11) is 0. The molecule has 27 heavy (non-hydrogen) atoms. The number of likely N-dealkylation sites (tertiary alicyclic amines) is 1. The fourth-order valence-corrected chi connectivity index (χ4v) is 3.76. The summed E-state index contributed by atoms with van der Waals surface area (Å²) in [6.45, 7) is 3.57. The molecule has 3 aromatic rings. The molecular formula is C22H24N4O. The average Bonchev–Trinajstić information content (AvgIpc) is 3.33. The predicted molar refractivity (Wildman–Crippen MR) is 107 cm³/mol. The first-order valence-corrected chi connectivity index (χ1v) is 9.41. The average molecular weight is 360 g/mol. The Kier molecular flexibility index (Phi) is 4.92. The second kappa shape index (κ2) is 7.66. The van der Waals surface area contributed by atoms with E-state index in [1.807, 2.05) is 52.2 Å². The van der Waals surface area contributed by atoms with E-state index >= 15 is 0 Å². The van der Waals surface area contributed by atoms with E-state index in [-0.39, 0.29) is 12.1 Å². The van der Waals surface area contributed by atoms with Gasteiger partial charge in [0.05, 0.1) is 12.6 Å². The van der Waals surface area contributed by atoms with Gasteiger partial charge >= 0.3 is 6.03 Å². The van der Waals surface area contributed by atoms with Crippen LogP contribution in [0.4, 0.5) is 10.6 Å². The molecular weight excluding hydrogens is 336 g/mol. The number of benzene rings is 2. The van der Waals surface area contributed by atoms with Crippen LogP contribution in [0.1, 0.15) is 35.6 Å². The minimum Gasteiger partial charge on any atom is -0.317 e. The van der Waals surface area contributed by atoms with Crippen LogP contribution in [0.2, 0.25) is 0 Å². The van der Waals surface area contributed by atoms with E-state index in [2.05, 4.69) is 41.6 Å². The Labute approximate surface area is 159 Å². The lowest BCUT2D eigenvalue weighted by atomic mass is 9.99. The van der Waals surface area contributed by atoms with Crippen LogP contribution in [0.5, 0.6) is 0 Å². The number of carbonyl (C=O) groups excluding carboxylic acids is 1. The Morgan fingerprint density at radius 1 is 1.11 bits per heavy atom. The van der Waals surface area contributed by atoms with Crippen LogP contribution in [0.25, 0.3) is 0 Å². The molecule has 2 amide bonds. The first-order valence-electron chi connectivity index (χ1n) is 9.41. The first-order chi connectivity index (χ1) is 13.2. The smallest absolute Gasteiger partial charge is 0.317 e. The molecule has 1 aliphatic heterocycles. The summed E-state index contributed by atoms with van der Waals surface area (Å²) in [5, 5.41) is 7.45. The van der Waals surface area contributed by atoms with E-state index in [4.69, 9.17) is 0 Å². The van der Waals surface area contributed by atoms with Crippen LogP contribution in [0.3, 0.4) is 0 Å². The lowest BCUT2D eigenvalue weighted by Gasteiger charge is -2.26. The summed E-state index contributed by atoms with van der Waals surface area (Å²) in [6, 6.07) is 20.4. The fraction of sp³-hybridized carbons (Fsp3) is 0.273. The van der Waals surface area contributed by atoms with E-state index in [0.29, 0.717) is 12.4 Å². The molecule has 138 valence electrons. The van der Waals surface area contributed by atoms with Crippen molar-refractivity contribution >= 4 is 11.8 Å². The highest BCUT2D eigenvalue weighted by Crippen LogP contribution is 2.33. The number of aryl methyl sites for hydroxylation is 1. The molecule has 0 spiro atoms. The van der Waals surface area contributed by atoms with Gasteiger partial charge in [0.25, 0.3) is 0 Å². The van der Waals surface area contributed by atoms with Gasteiger partial charge in [0.15, 0.2) is 5.82 Å². The Morgan fingerprint density at radius 2 is 1.89 bits per heavy atom. The van der Waals surface area contributed by atoms with E-state index in [1.54, 1.807) is 0 Å². The third kappa shape index (κ3) is 3.87. The molecule has 1 unspecified atom stereocenters. The zero-order valence-electron chi connectivity index (χ0n) is 15.5. The van der Waals surface area contributed by atoms with Gasteiger partial charge in [-0.3, -0.25) is 10.00 Å². The number of carbonyl (C=O) groups is 1. The lowest BCUT2D eigenvalue weighted by molar-refractivity contribution is 0.207. The molecule has 5 nitrogen and oxygen atoms in total. The molecule has 5 heteroatoms. The second-order valence-corrected chi connectivity index (χ2v) is 7.02. The van der Waals surface area contributed by atoms with Crippen molar-refractivity contribution in [3.8, 4) is 0 Å². The molecule has 2 aromatic carbocycles. The molecule has 0 bridgehead atoms. The standard InChI is InChI=1S/C22H24N4O/c1-17-8-5-6-11-19(17)20-12-7-14-26(20)22(27)23-21-13-15-25(24-21)16-18-9-3-2-4-10-18/h2-6,8-11,13,15,20H,7,12,14,16H2,1H3,(H,23,24,27). The molecule has 1 aromatic heterocycles. The summed E-state index contributed by atoms with van der Waals surface area (Å²) in [4.78, 5) is 14.8. The monoisotopic (exact) mass is 360 g/mol. The second-order valence-electron chi connectivity index (χ2n) is 7.02. The molecule has 0 saturated carbocycles. The number of amides is 2. The highest BCUT2D eigenvalue weighted by atomic mass is 16.2. The van der Waals surface area contributed by atoms with Gasteiger partial charge in [0.2, 0.25) is 0 Å². The summed E-state index contributed by atoms with van der Waals surface area (Å²) in [6.07, 6.45) is 3.92. The summed E-state index contributed by atoms with van der Waals surface area (Å²) in [5.74, 6) is 0.589. The van der Waals surface area contributed by atoms with Crippen molar-refractivity contribution in [3.63, 3.8) is 0 Å². The molecule has 0 radical (unpaired) electrons. The zero-order valence-corrected chi connectivity index (χ0v) is 15.5. The van der Waals surface area contributed by atoms with Crippen LogP contribution in [0.15, 0.2) is 66.9 Å². The van der Waals surface area contributed by atoms with Gasteiger partial charge in [0.1, 0.15) is 0 Å². The number of anilines is 1. The van der Waals surface area contributed by atoms with E-state index in [0.717, 1.165) is 19.4 Å². The first kappa shape index (κ1) is 17.3. The topological polar surface area (TPSA) is 50.2 Å². The molecule has 1 N–H and O–H groups in total. The van der Waals surface area contributed by atoms with Gasteiger partial charge in [-0.15, -0.1) is 0 Å². The van der Waals surface area contributed by atoms with Crippen molar-refractivity contribution in [1.82, 2.24) is 14.7 Å². The number of aromatic nitrogens is 2. The number of hydrogen-bond donors (Lipinski definition) is 1. The third-order valence-electron chi connectivity index (χ3n) is 5.12. The van der Waals surface area contributed by atoms with Gasteiger partial charge in [-0.25, -0.2) is 4.79 Å². The number of hydrogen-bond acceptors (Lipinski definition) is 2. The minimum atomic E-state index is -0.0780. The largest absolute Gasteiger partial charge is 0.323 e. The van der Waals surface area contributed by atoms with Crippen molar-refractivity contribution in [1.29, 1.82) is 0 Å². The summed E-state index contributed by atoms with van der Waals surface area (Å²) < 4.78 is 1.84. The van der Waals surface area contributed by atoms with Crippen LogP contribution in [-0.4, -0.2) is 27.3 Å². The number of rotatable bonds is 4. The van der Waals surface area contributed by atoms with Gasteiger partial charge in [0, 0.05) is 18.8 Å². The SMILES string of the molecule is Cc1ccccc1C1CCCN1C(=O)Nc1ccn(Cc2ccccc2)n1. The number of urea groups is 1. The minimum absolute atomic E-state index is 0.0780. The van der Waals surface area contributed by atoms with Crippen molar-refractivity contribution in [2.24, 2.45) is 0 Å².